The van der Waals surface area contributed by atoms with Crippen molar-refractivity contribution in [2.24, 2.45) is 0 Å². The van der Waals surface area contributed by atoms with Crippen molar-refractivity contribution >= 4 is 28.8 Å². The third-order valence-electron chi connectivity index (χ3n) is 4.28. The van der Waals surface area contributed by atoms with Crippen LogP contribution in [-0.4, -0.2) is 37.2 Å². The molecule has 2 aromatic carbocycles. The lowest BCUT2D eigenvalue weighted by atomic mass is 10.2. The Hall–Kier alpha value is -2.61. The van der Waals surface area contributed by atoms with Gasteiger partial charge >= 0.3 is 0 Å². The molecular weight excluding hydrogens is 410 g/mol. The van der Waals surface area contributed by atoms with Crippen LogP contribution in [0.3, 0.4) is 0 Å². The number of halogens is 1. The number of aryl methyl sites for hydroxylation is 1. The van der Waals surface area contributed by atoms with Gasteiger partial charge in [0.25, 0.3) is 5.91 Å². The van der Waals surface area contributed by atoms with Crippen molar-refractivity contribution < 1.29 is 14.3 Å². The van der Waals surface area contributed by atoms with Gasteiger partial charge in [-0.25, -0.2) is 9.99 Å². The standard InChI is InChI=1S/C21H22ClN3O3S/c1-13-19(29-21(23-13)17-10-9-16(28-4)11-18(17)22)20(26)24-25(2)12-14-5-7-15(27-3)8-6-14/h5-11H,12H2,1-4H3,(H,24,26). The van der Waals surface area contributed by atoms with Crippen molar-refractivity contribution in [2.45, 2.75) is 13.5 Å². The Labute approximate surface area is 179 Å². The maximum Gasteiger partial charge on any atom is 0.277 e. The quantitative estimate of drug-likeness (QED) is 0.555. The fourth-order valence-electron chi connectivity index (χ4n) is 2.79. The highest BCUT2D eigenvalue weighted by atomic mass is 35.5. The number of hydrogen-bond donors (Lipinski definition) is 1. The van der Waals surface area contributed by atoms with Crippen LogP contribution in [0.2, 0.25) is 5.02 Å². The molecule has 0 fully saturated rings. The average Bonchev–Trinajstić information content (AvgIpc) is 3.09. The molecule has 1 aromatic heterocycles. The van der Waals surface area contributed by atoms with Crippen molar-refractivity contribution in [3.8, 4) is 22.1 Å². The molecule has 1 N–H and O–H groups in total. The first kappa shape index (κ1) is 21.1. The summed E-state index contributed by atoms with van der Waals surface area (Å²) < 4.78 is 10.3. The molecule has 0 aliphatic carbocycles. The number of carbonyl (C=O) groups excluding carboxylic acids is 1. The van der Waals surface area contributed by atoms with Crippen LogP contribution in [0.25, 0.3) is 10.6 Å². The van der Waals surface area contributed by atoms with E-state index in [1.807, 2.05) is 50.4 Å². The van der Waals surface area contributed by atoms with E-state index in [2.05, 4.69) is 10.4 Å². The molecule has 0 unspecified atom stereocenters. The molecule has 0 bridgehead atoms. The zero-order valence-electron chi connectivity index (χ0n) is 16.7. The molecule has 3 aromatic rings. The minimum absolute atomic E-state index is 0.202. The van der Waals surface area contributed by atoms with Crippen LogP contribution in [-0.2, 0) is 6.54 Å². The van der Waals surface area contributed by atoms with Crippen LogP contribution in [0, 0.1) is 6.92 Å². The van der Waals surface area contributed by atoms with Gasteiger partial charge in [0.05, 0.1) is 24.9 Å². The number of hydrogen-bond acceptors (Lipinski definition) is 6. The van der Waals surface area contributed by atoms with E-state index in [9.17, 15) is 4.79 Å². The summed E-state index contributed by atoms with van der Waals surface area (Å²) in [6, 6.07) is 13.1. The fourth-order valence-corrected chi connectivity index (χ4v) is 4.10. The Morgan fingerprint density at radius 2 is 1.79 bits per heavy atom. The number of ether oxygens (including phenoxy) is 2. The van der Waals surface area contributed by atoms with Gasteiger partial charge in [-0.05, 0) is 42.8 Å². The molecule has 0 saturated carbocycles. The Kier molecular flexibility index (Phi) is 6.74. The molecular formula is C21H22ClN3O3S. The van der Waals surface area contributed by atoms with Gasteiger partial charge in [0.1, 0.15) is 21.4 Å². The molecule has 8 heteroatoms. The minimum atomic E-state index is -0.202. The molecule has 0 atom stereocenters. The molecule has 1 heterocycles. The first-order chi connectivity index (χ1) is 13.9. The van der Waals surface area contributed by atoms with Gasteiger partial charge in [-0.3, -0.25) is 10.2 Å². The Morgan fingerprint density at radius 1 is 1.14 bits per heavy atom. The van der Waals surface area contributed by atoms with E-state index in [0.717, 1.165) is 16.9 Å². The summed E-state index contributed by atoms with van der Waals surface area (Å²) in [5.41, 5.74) is 5.38. The van der Waals surface area contributed by atoms with E-state index >= 15 is 0 Å². The molecule has 0 spiro atoms. The zero-order valence-corrected chi connectivity index (χ0v) is 18.2. The number of nitrogens with one attached hydrogen (secondary N) is 1. The predicted octanol–water partition coefficient (Wildman–Crippen LogP) is 4.57. The lowest BCUT2D eigenvalue weighted by molar-refractivity contribution is 0.0823. The molecule has 0 aliphatic rings. The number of nitrogens with zero attached hydrogens (tertiary/aromatic N) is 2. The molecule has 152 valence electrons. The highest BCUT2D eigenvalue weighted by molar-refractivity contribution is 7.17. The molecule has 1 amide bonds. The van der Waals surface area contributed by atoms with Crippen LogP contribution >= 0.6 is 22.9 Å². The molecule has 6 nitrogen and oxygen atoms in total. The number of rotatable bonds is 7. The summed E-state index contributed by atoms with van der Waals surface area (Å²) in [4.78, 5) is 17.8. The molecule has 0 aliphatic heterocycles. The van der Waals surface area contributed by atoms with Gasteiger partial charge in [0.2, 0.25) is 0 Å². The number of amides is 1. The van der Waals surface area contributed by atoms with Crippen LogP contribution in [0.5, 0.6) is 11.5 Å². The SMILES string of the molecule is COc1ccc(CN(C)NC(=O)c2sc(-c3ccc(OC)cc3Cl)nc2C)cc1. The summed E-state index contributed by atoms with van der Waals surface area (Å²) in [5, 5.41) is 2.96. The van der Waals surface area contributed by atoms with E-state index < -0.39 is 0 Å². The Balaban J connectivity index is 1.71. The number of benzene rings is 2. The van der Waals surface area contributed by atoms with Gasteiger partial charge in [-0.2, -0.15) is 0 Å². The van der Waals surface area contributed by atoms with Crippen LogP contribution in [0.4, 0.5) is 0 Å². The normalized spacial score (nSPS) is 10.8. The first-order valence-electron chi connectivity index (χ1n) is 8.87. The summed E-state index contributed by atoms with van der Waals surface area (Å²) in [6.07, 6.45) is 0. The molecule has 29 heavy (non-hydrogen) atoms. The van der Waals surface area contributed by atoms with Crippen molar-refractivity contribution in [3.63, 3.8) is 0 Å². The largest absolute Gasteiger partial charge is 0.497 e. The second-order valence-electron chi connectivity index (χ2n) is 6.42. The topological polar surface area (TPSA) is 63.7 Å². The molecule has 0 radical (unpaired) electrons. The minimum Gasteiger partial charge on any atom is -0.497 e. The summed E-state index contributed by atoms with van der Waals surface area (Å²) >= 11 is 7.66. The van der Waals surface area contributed by atoms with Crippen molar-refractivity contribution in [1.82, 2.24) is 15.4 Å². The second-order valence-corrected chi connectivity index (χ2v) is 7.83. The maximum absolute atomic E-state index is 12.7. The highest BCUT2D eigenvalue weighted by Gasteiger charge is 2.19. The van der Waals surface area contributed by atoms with E-state index in [1.54, 1.807) is 25.3 Å². The summed E-state index contributed by atoms with van der Waals surface area (Å²) in [7, 11) is 5.04. The van der Waals surface area contributed by atoms with Crippen LogP contribution < -0.4 is 14.9 Å². The molecule has 0 saturated heterocycles. The fraction of sp³-hybridized carbons (Fsp3) is 0.238. The molecule has 3 rings (SSSR count). The highest BCUT2D eigenvalue weighted by Crippen LogP contribution is 2.35. The second kappa shape index (κ2) is 9.26. The van der Waals surface area contributed by atoms with Gasteiger partial charge in [-0.15, -0.1) is 11.3 Å². The van der Waals surface area contributed by atoms with E-state index in [-0.39, 0.29) is 5.91 Å². The lowest BCUT2D eigenvalue weighted by Crippen LogP contribution is -2.38. The van der Waals surface area contributed by atoms with Gasteiger partial charge in [0.15, 0.2) is 0 Å². The smallest absolute Gasteiger partial charge is 0.277 e. The average molecular weight is 432 g/mol. The van der Waals surface area contributed by atoms with E-state index in [4.69, 9.17) is 21.1 Å². The number of carbonyl (C=O) groups is 1. The summed E-state index contributed by atoms with van der Waals surface area (Å²) in [6.45, 7) is 2.38. The number of aromatic nitrogens is 1. The number of thiazole rings is 1. The Morgan fingerprint density at radius 3 is 2.41 bits per heavy atom. The third kappa shape index (κ3) is 5.06. The van der Waals surface area contributed by atoms with Gasteiger partial charge in [-0.1, -0.05) is 23.7 Å². The van der Waals surface area contributed by atoms with Crippen molar-refractivity contribution in [3.05, 3.63) is 63.6 Å². The predicted molar refractivity (Wildman–Crippen MR) is 116 cm³/mol. The Bertz CT molecular complexity index is 1000. The third-order valence-corrected chi connectivity index (χ3v) is 5.78. The van der Waals surface area contributed by atoms with E-state index in [0.29, 0.717) is 32.9 Å². The van der Waals surface area contributed by atoms with E-state index in [1.165, 1.54) is 11.3 Å². The number of hydrazine groups is 1. The van der Waals surface area contributed by atoms with Crippen molar-refractivity contribution in [2.75, 3.05) is 21.3 Å². The monoisotopic (exact) mass is 431 g/mol. The lowest BCUT2D eigenvalue weighted by Gasteiger charge is -2.18. The summed E-state index contributed by atoms with van der Waals surface area (Å²) in [5.74, 6) is 1.27. The first-order valence-corrected chi connectivity index (χ1v) is 10.1. The van der Waals surface area contributed by atoms with Gasteiger partial charge < -0.3 is 9.47 Å². The van der Waals surface area contributed by atoms with Gasteiger partial charge in [0, 0.05) is 19.2 Å². The van der Waals surface area contributed by atoms with Crippen molar-refractivity contribution in [1.29, 1.82) is 0 Å². The van der Waals surface area contributed by atoms with Crippen LogP contribution in [0.15, 0.2) is 42.5 Å². The van der Waals surface area contributed by atoms with Crippen LogP contribution in [0.1, 0.15) is 20.9 Å². The number of methoxy groups -OCH3 is 2. The zero-order chi connectivity index (χ0) is 21.0. The maximum atomic E-state index is 12.7.